The van der Waals surface area contributed by atoms with Gasteiger partial charge in [-0.15, -0.1) is 11.3 Å². The van der Waals surface area contributed by atoms with Gasteiger partial charge in [-0.1, -0.05) is 0 Å². The van der Waals surface area contributed by atoms with Gasteiger partial charge in [0.05, 0.1) is 18.3 Å². The Morgan fingerprint density at radius 3 is 3.06 bits per heavy atom. The molecule has 2 heterocycles. The van der Waals surface area contributed by atoms with Crippen molar-refractivity contribution < 1.29 is 4.79 Å². The molecule has 17 heavy (non-hydrogen) atoms. The van der Waals surface area contributed by atoms with Crippen LogP contribution in [0, 0.1) is 10.9 Å². The third-order valence-corrected chi connectivity index (χ3v) is 3.53. The summed E-state index contributed by atoms with van der Waals surface area (Å²) in [7, 11) is 0. The molecule has 0 radical (unpaired) electrons. The van der Waals surface area contributed by atoms with Gasteiger partial charge in [0.2, 0.25) is 5.91 Å². The van der Waals surface area contributed by atoms with Gasteiger partial charge >= 0.3 is 0 Å². The predicted octanol–water partition coefficient (Wildman–Crippen LogP) is 2.69. The summed E-state index contributed by atoms with van der Waals surface area (Å²) < 4.78 is 0.701. The number of aryl methyl sites for hydroxylation is 1. The first-order chi connectivity index (χ1) is 8.15. The summed E-state index contributed by atoms with van der Waals surface area (Å²) in [5.41, 5.74) is 1.66. The molecule has 2 N–H and O–H groups in total. The molecule has 2 aromatic heterocycles. The van der Waals surface area contributed by atoms with Gasteiger partial charge in [0.1, 0.15) is 0 Å². The maximum Gasteiger partial charge on any atom is 0.229 e. The monoisotopic (exact) mass is 265 g/mol. The number of rotatable bonds is 3. The van der Waals surface area contributed by atoms with E-state index in [4.69, 9.17) is 12.2 Å². The number of thiazole rings is 1. The number of aromatic nitrogens is 2. The van der Waals surface area contributed by atoms with Gasteiger partial charge in [0.15, 0.2) is 3.95 Å². The average molecular weight is 265 g/mol. The summed E-state index contributed by atoms with van der Waals surface area (Å²) in [5, 5.41) is 2.78. The van der Waals surface area contributed by atoms with Crippen molar-refractivity contribution >= 4 is 35.1 Å². The van der Waals surface area contributed by atoms with Crippen LogP contribution in [0.5, 0.6) is 0 Å². The van der Waals surface area contributed by atoms with Crippen molar-refractivity contribution in [2.24, 2.45) is 0 Å². The zero-order valence-corrected chi connectivity index (χ0v) is 10.8. The number of nitrogens with zero attached hydrogens (tertiary/aromatic N) is 1. The second-order valence-corrected chi connectivity index (χ2v) is 5.30. The number of hydrogen-bond donors (Lipinski definition) is 2. The van der Waals surface area contributed by atoms with Crippen LogP contribution in [0.1, 0.15) is 10.6 Å². The van der Waals surface area contributed by atoms with Gasteiger partial charge < -0.3 is 10.3 Å². The van der Waals surface area contributed by atoms with Crippen molar-refractivity contribution in [1.82, 2.24) is 9.97 Å². The van der Waals surface area contributed by atoms with E-state index in [1.807, 2.05) is 6.92 Å². The van der Waals surface area contributed by atoms with Crippen molar-refractivity contribution in [3.8, 4) is 0 Å². The molecule has 0 fully saturated rings. The zero-order chi connectivity index (χ0) is 12.3. The quantitative estimate of drug-likeness (QED) is 0.839. The molecule has 2 rings (SSSR count). The van der Waals surface area contributed by atoms with E-state index in [2.05, 4.69) is 15.3 Å². The van der Waals surface area contributed by atoms with E-state index >= 15 is 0 Å². The number of pyridine rings is 1. The first-order valence-electron chi connectivity index (χ1n) is 5.03. The van der Waals surface area contributed by atoms with E-state index in [0.29, 0.717) is 16.1 Å². The molecule has 0 aliphatic rings. The minimum atomic E-state index is -0.0636. The van der Waals surface area contributed by atoms with Crippen LogP contribution >= 0.6 is 23.6 Å². The Labute approximate surface area is 108 Å². The van der Waals surface area contributed by atoms with E-state index in [9.17, 15) is 4.79 Å². The van der Waals surface area contributed by atoms with Crippen LogP contribution in [0.15, 0.2) is 24.5 Å². The lowest BCUT2D eigenvalue weighted by atomic mass is 10.3. The fourth-order valence-corrected chi connectivity index (χ4v) is 2.68. The van der Waals surface area contributed by atoms with Crippen LogP contribution in [0.2, 0.25) is 0 Å². The molecule has 0 bridgehead atoms. The van der Waals surface area contributed by atoms with Gasteiger partial charge in [0, 0.05) is 16.8 Å². The lowest BCUT2D eigenvalue weighted by molar-refractivity contribution is -0.115. The van der Waals surface area contributed by atoms with Crippen LogP contribution in [-0.2, 0) is 11.2 Å². The Hall–Kier alpha value is -1.53. The first-order valence-corrected chi connectivity index (χ1v) is 6.26. The maximum atomic E-state index is 11.8. The van der Waals surface area contributed by atoms with Crippen LogP contribution in [0.25, 0.3) is 0 Å². The summed E-state index contributed by atoms with van der Waals surface area (Å²) in [5.74, 6) is -0.0636. The molecular weight excluding hydrogens is 254 g/mol. The fourth-order valence-electron chi connectivity index (χ4n) is 1.39. The lowest BCUT2D eigenvalue weighted by Crippen LogP contribution is -2.14. The largest absolute Gasteiger partial charge is 0.341 e. The van der Waals surface area contributed by atoms with E-state index < -0.39 is 0 Å². The molecule has 0 spiro atoms. The molecule has 0 aromatic carbocycles. The number of carbonyl (C=O) groups is 1. The maximum absolute atomic E-state index is 11.8. The number of carbonyl (C=O) groups excluding carboxylic acids is 1. The molecule has 2 aromatic rings. The highest BCUT2D eigenvalue weighted by molar-refractivity contribution is 7.73. The summed E-state index contributed by atoms with van der Waals surface area (Å²) >= 11 is 6.46. The smallest absolute Gasteiger partial charge is 0.229 e. The number of aromatic amines is 1. The Kier molecular flexibility index (Phi) is 3.65. The number of nitrogens with one attached hydrogen (secondary N) is 2. The number of amides is 1. The van der Waals surface area contributed by atoms with E-state index in [-0.39, 0.29) is 5.91 Å². The SMILES string of the molecule is Cc1[nH]c(=S)sc1CC(=O)Nc1cccnc1. The molecule has 0 aliphatic carbocycles. The van der Waals surface area contributed by atoms with Crippen LogP contribution in [-0.4, -0.2) is 15.9 Å². The summed E-state index contributed by atoms with van der Waals surface area (Å²) in [6.07, 6.45) is 3.61. The minimum Gasteiger partial charge on any atom is -0.341 e. The van der Waals surface area contributed by atoms with Gasteiger partial charge in [-0.3, -0.25) is 9.78 Å². The highest BCUT2D eigenvalue weighted by Gasteiger charge is 2.08. The predicted molar refractivity (Wildman–Crippen MR) is 70.8 cm³/mol. The Morgan fingerprint density at radius 2 is 2.47 bits per heavy atom. The highest BCUT2D eigenvalue weighted by atomic mass is 32.1. The van der Waals surface area contributed by atoms with E-state index in [0.717, 1.165) is 10.6 Å². The van der Waals surface area contributed by atoms with Crippen LogP contribution in [0.4, 0.5) is 5.69 Å². The third kappa shape index (κ3) is 3.21. The van der Waals surface area contributed by atoms with Crippen molar-refractivity contribution in [3.63, 3.8) is 0 Å². The van der Waals surface area contributed by atoms with Crippen molar-refractivity contribution in [1.29, 1.82) is 0 Å². The Balaban J connectivity index is 2.03. The standard InChI is InChI=1S/C11H11N3OS2/c1-7-9(17-11(16)13-7)5-10(15)14-8-3-2-4-12-6-8/h2-4,6H,5H2,1H3,(H,13,16)(H,14,15). The molecule has 1 amide bonds. The lowest BCUT2D eigenvalue weighted by Gasteiger charge is -2.03. The van der Waals surface area contributed by atoms with Crippen molar-refractivity contribution in [3.05, 3.63) is 39.1 Å². The van der Waals surface area contributed by atoms with Crippen molar-refractivity contribution in [2.75, 3.05) is 5.32 Å². The van der Waals surface area contributed by atoms with Gasteiger partial charge in [-0.2, -0.15) is 0 Å². The molecule has 0 atom stereocenters. The van der Waals surface area contributed by atoms with E-state index in [1.54, 1.807) is 24.5 Å². The van der Waals surface area contributed by atoms with Gasteiger partial charge in [-0.05, 0) is 31.3 Å². The van der Waals surface area contributed by atoms with Gasteiger partial charge in [0.25, 0.3) is 0 Å². The summed E-state index contributed by atoms with van der Waals surface area (Å²) in [4.78, 5) is 19.7. The normalized spacial score (nSPS) is 10.2. The van der Waals surface area contributed by atoms with E-state index in [1.165, 1.54) is 11.3 Å². The van der Waals surface area contributed by atoms with Gasteiger partial charge in [-0.25, -0.2) is 0 Å². The van der Waals surface area contributed by atoms with Crippen molar-refractivity contribution in [2.45, 2.75) is 13.3 Å². The average Bonchev–Trinajstić information content (AvgIpc) is 2.58. The topological polar surface area (TPSA) is 57.8 Å². The number of H-pyrrole nitrogens is 1. The Morgan fingerprint density at radius 1 is 1.65 bits per heavy atom. The molecule has 0 aliphatic heterocycles. The minimum absolute atomic E-state index is 0.0636. The second-order valence-electron chi connectivity index (χ2n) is 3.53. The molecule has 0 saturated heterocycles. The number of hydrogen-bond acceptors (Lipinski definition) is 4. The molecular formula is C11H11N3OS2. The fraction of sp³-hybridized carbons (Fsp3) is 0.182. The van der Waals surface area contributed by atoms with Crippen LogP contribution in [0.3, 0.4) is 0 Å². The molecule has 6 heteroatoms. The Bertz CT molecular complexity index is 574. The summed E-state index contributed by atoms with van der Waals surface area (Å²) in [6.45, 7) is 1.92. The summed E-state index contributed by atoms with van der Waals surface area (Å²) in [6, 6.07) is 3.58. The molecule has 88 valence electrons. The molecule has 4 nitrogen and oxygen atoms in total. The molecule has 0 saturated carbocycles. The second kappa shape index (κ2) is 5.20. The van der Waals surface area contributed by atoms with Crippen LogP contribution < -0.4 is 5.32 Å². The number of anilines is 1. The molecule has 0 unspecified atom stereocenters. The highest BCUT2D eigenvalue weighted by Crippen LogP contribution is 2.15. The third-order valence-electron chi connectivity index (χ3n) is 2.19. The first kappa shape index (κ1) is 11.9. The zero-order valence-electron chi connectivity index (χ0n) is 9.19.